The van der Waals surface area contributed by atoms with Gasteiger partial charge in [-0.15, -0.1) is 0 Å². The molecule has 2 aromatic carbocycles. The molecule has 0 N–H and O–H groups in total. The van der Waals surface area contributed by atoms with E-state index in [0.29, 0.717) is 5.39 Å². The molecule has 0 radical (unpaired) electrons. The summed E-state index contributed by atoms with van der Waals surface area (Å²) in [6.45, 7) is 5.28. The number of benzene rings is 2. The second-order valence-electron chi connectivity index (χ2n) is 7.01. The third-order valence-corrected chi connectivity index (χ3v) is 6.15. The zero-order valence-corrected chi connectivity index (χ0v) is 16.5. The lowest BCUT2D eigenvalue weighted by molar-refractivity contribution is 0.578. The SMILES string of the molecule is CCCN(c1ccc(N2CCCCC2)cc1)c1nc(=O)c2ccccc2s1. The third-order valence-electron chi connectivity index (χ3n) is 5.08. The molecule has 0 saturated carbocycles. The number of fused-ring (bicyclic) bond motifs is 1. The minimum Gasteiger partial charge on any atom is -0.372 e. The van der Waals surface area contributed by atoms with Gasteiger partial charge in [0.15, 0.2) is 5.13 Å². The Labute approximate surface area is 164 Å². The number of piperidine rings is 1. The number of nitrogens with zero attached hydrogens (tertiary/aromatic N) is 3. The van der Waals surface area contributed by atoms with Crippen molar-refractivity contribution in [3.63, 3.8) is 0 Å². The molecule has 2 heterocycles. The molecule has 0 bridgehead atoms. The molecular formula is C22H25N3OS. The summed E-state index contributed by atoms with van der Waals surface area (Å²) in [6.07, 6.45) is 4.88. The van der Waals surface area contributed by atoms with Crippen molar-refractivity contribution < 1.29 is 0 Å². The minimum atomic E-state index is -0.148. The summed E-state index contributed by atoms with van der Waals surface area (Å²) in [7, 11) is 0. The van der Waals surface area contributed by atoms with Crippen molar-refractivity contribution in [2.75, 3.05) is 29.4 Å². The van der Waals surface area contributed by atoms with E-state index in [4.69, 9.17) is 0 Å². The lowest BCUT2D eigenvalue weighted by Crippen LogP contribution is -2.29. The van der Waals surface area contributed by atoms with Crippen LogP contribution in [-0.2, 0) is 0 Å². The Hall–Kier alpha value is -2.40. The van der Waals surface area contributed by atoms with Crippen molar-refractivity contribution in [3.8, 4) is 0 Å². The van der Waals surface area contributed by atoms with Crippen LogP contribution in [0.15, 0.2) is 53.3 Å². The summed E-state index contributed by atoms with van der Waals surface area (Å²) in [6, 6.07) is 16.4. The zero-order valence-electron chi connectivity index (χ0n) is 15.7. The normalized spacial score (nSPS) is 14.5. The second-order valence-corrected chi connectivity index (χ2v) is 8.02. The molecule has 3 aromatic rings. The molecule has 4 nitrogen and oxygen atoms in total. The van der Waals surface area contributed by atoms with Gasteiger partial charge >= 0.3 is 0 Å². The van der Waals surface area contributed by atoms with Crippen molar-refractivity contribution in [1.29, 1.82) is 0 Å². The van der Waals surface area contributed by atoms with Crippen LogP contribution < -0.4 is 15.4 Å². The fraction of sp³-hybridized carbons (Fsp3) is 0.364. The largest absolute Gasteiger partial charge is 0.372 e. The molecule has 1 aliphatic rings. The quantitative estimate of drug-likeness (QED) is 0.611. The highest BCUT2D eigenvalue weighted by atomic mass is 32.1. The van der Waals surface area contributed by atoms with E-state index in [1.807, 2.05) is 24.3 Å². The number of hydrogen-bond acceptors (Lipinski definition) is 5. The maximum atomic E-state index is 12.5. The van der Waals surface area contributed by atoms with E-state index in [0.717, 1.165) is 41.6 Å². The van der Waals surface area contributed by atoms with Gasteiger partial charge < -0.3 is 9.80 Å². The van der Waals surface area contributed by atoms with Gasteiger partial charge in [-0.3, -0.25) is 4.79 Å². The molecule has 0 atom stereocenters. The monoisotopic (exact) mass is 379 g/mol. The number of aromatic nitrogens is 1. The lowest BCUT2D eigenvalue weighted by Gasteiger charge is -2.29. The van der Waals surface area contributed by atoms with E-state index >= 15 is 0 Å². The molecule has 1 fully saturated rings. The highest BCUT2D eigenvalue weighted by Crippen LogP contribution is 2.31. The molecule has 0 amide bonds. The number of anilines is 3. The van der Waals surface area contributed by atoms with Gasteiger partial charge in [-0.2, -0.15) is 4.98 Å². The Balaban J connectivity index is 1.67. The van der Waals surface area contributed by atoms with Gasteiger partial charge in [-0.05, 0) is 62.1 Å². The Morgan fingerprint density at radius 3 is 2.52 bits per heavy atom. The minimum absolute atomic E-state index is 0.148. The molecule has 0 unspecified atom stereocenters. The van der Waals surface area contributed by atoms with E-state index < -0.39 is 0 Å². The first-order valence-corrected chi connectivity index (χ1v) is 10.6. The molecule has 27 heavy (non-hydrogen) atoms. The Morgan fingerprint density at radius 2 is 1.78 bits per heavy atom. The van der Waals surface area contributed by atoms with Crippen LogP contribution in [0, 0.1) is 0 Å². The maximum Gasteiger partial charge on any atom is 0.281 e. The highest BCUT2D eigenvalue weighted by Gasteiger charge is 2.15. The van der Waals surface area contributed by atoms with Crippen molar-refractivity contribution in [3.05, 3.63) is 58.9 Å². The highest BCUT2D eigenvalue weighted by molar-refractivity contribution is 7.21. The first-order valence-electron chi connectivity index (χ1n) is 9.78. The summed E-state index contributed by atoms with van der Waals surface area (Å²) in [5, 5.41) is 1.47. The molecule has 4 rings (SSSR count). The zero-order chi connectivity index (χ0) is 18.6. The first-order chi connectivity index (χ1) is 13.3. The maximum absolute atomic E-state index is 12.5. The van der Waals surface area contributed by atoms with Crippen LogP contribution in [0.25, 0.3) is 10.1 Å². The molecule has 0 spiro atoms. The fourth-order valence-corrected chi connectivity index (χ4v) is 4.71. The van der Waals surface area contributed by atoms with Crippen LogP contribution in [0.3, 0.4) is 0 Å². The van der Waals surface area contributed by atoms with E-state index in [1.165, 1.54) is 24.9 Å². The third kappa shape index (κ3) is 3.83. The van der Waals surface area contributed by atoms with Crippen LogP contribution in [0.4, 0.5) is 16.5 Å². The van der Waals surface area contributed by atoms with Gasteiger partial charge in [0.2, 0.25) is 0 Å². The summed E-state index contributed by atoms with van der Waals surface area (Å²) in [5.41, 5.74) is 2.23. The number of hydrogen-bond donors (Lipinski definition) is 0. The molecular weight excluding hydrogens is 354 g/mol. The molecule has 1 aliphatic heterocycles. The molecule has 5 heteroatoms. The van der Waals surface area contributed by atoms with Gasteiger partial charge in [0.05, 0.1) is 5.39 Å². The van der Waals surface area contributed by atoms with Crippen molar-refractivity contribution >= 4 is 37.9 Å². The van der Waals surface area contributed by atoms with E-state index in [9.17, 15) is 4.79 Å². The summed E-state index contributed by atoms with van der Waals surface area (Å²) in [4.78, 5) is 21.5. The van der Waals surface area contributed by atoms with Crippen LogP contribution >= 0.6 is 11.3 Å². The summed E-state index contributed by atoms with van der Waals surface area (Å²) < 4.78 is 0.985. The Morgan fingerprint density at radius 1 is 1.04 bits per heavy atom. The average Bonchev–Trinajstić information content (AvgIpc) is 2.73. The van der Waals surface area contributed by atoms with Crippen molar-refractivity contribution in [2.24, 2.45) is 0 Å². The van der Waals surface area contributed by atoms with Gasteiger partial charge in [-0.1, -0.05) is 30.4 Å². The Kier molecular flexibility index (Phi) is 5.39. The van der Waals surface area contributed by atoms with Crippen molar-refractivity contribution in [2.45, 2.75) is 32.6 Å². The van der Waals surface area contributed by atoms with E-state index in [1.54, 1.807) is 11.3 Å². The fourth-order valence-electron chi connectivity index (χ4n) is 3.67. The summed E-state index contributed by atoms with van der Waals surface area (Å²) >= 11 is 1.58. The van der Waals surface area contributed by atoms with Crippen LogP contribution in [0.5, 0.6) is 0 Å². The second kappa shape index (κ2) is 8.09. The number of rotatable bonds is 5. The van der Waals surface area contributed by atoms with Gasteiger partial charge in [-0.25, -0.2) is 0 Å². The predicted molar refractivity (Wildman–Crippen MR) is 116 cm³/mol. The lowest BCUT2D eigenvalue weighted by atomic mass is 10.1. The Bertz CT molecular complexity index is 961. The van der Waals surface area contributed by atoms with Crippen molar-refractivity contribution in [1.82, 2.24) is 4.98 Å². The molecule has 1 aromatic heterocycles. The van der Waals surface area contributed by atoms with Gasteiger partial charge in [0, 0.05) is 35.7 Å². The van der Waals surface area contributed by atoms with Gasteiger partial charge in [0.25, 0.3) is 5.56 Å². The smallest absolute Gasteiger partial charge is 0.281 e. The van der Waals surface area contributed by atoms with Crippen LogP contribution in [0.2, 0.25) is 0 Å². The topological polar surface area (TPSA) is 36.4 Å². The molecule has 0 aliphatic carbocycles. The summed E-state index contributed by atoms with van der Waals surface area (Å²) in [5.74, 6) is 0. The molecule has 1 saturated heterocycles. The molecule has 140 valence electrons. The standard InChI is InChI=1S/C22H25N3OS/c1-2-14-25(22-23-21(26)19-8-4-5-9-20(19)27-22)18-12-10-17(11-13-18)24-15-6-3-7-16-24/h4-5,8-13H,2-3,6-7,14-16H2,1H3. The predicted octanol–water partition coefficient (Wildman–Crippen LogP) is 5.19. The van der Waals surface area contributed by atoms with Crippen LogP contribution in [-0.4, -0.2) is 24.6 Å². The van der Waals surface area contributed by atoms with E-state index in [2.05, 4.69) is 46.0 Å². The average molecular weight is 380 g/mol. The van der Waals surface area contributed by atoms with Gasteiger partial charge in [0.1, 0.15) is 0 Å². The van der Waals surface area contributed by atoms with E-state index in [-0.39, 0.29) is 5.56 Å². The first kappa shape index (κ1) is 18.0. The van der Waals surface area contributed by atoms with Crippen LogP contribution in [0.1, 0.15) is 32.6 Å².